The van der Waals surface area contributed by atoms with Crippen LogP contribution >= 0.6 is 0 Å². The molecule has 2 N–H and O–H groups in total. The molecule has 1 heterocycles. The van der Waals surface area contributed by atoms with Crippen LogP contribution in [0.1, 0.15) is 31.5 Å². The molecule has 0 radical (unpaired) electrons. The molecule has 0 bridgehead atoms. The number of hydrogen-bond donors (Lipinski definition) is 2. The molecule has 0 amide bonds. The van der Waals surface area contributed by atoms with E-state index in [4.69, 9.17) is 5.11 Å². The zero-order valence-corrected chi connectivity index (χ0v) is 11.8. The van der Waals surface area contributed by atoms with Crippen LogP contribution in [0.3, 0.4) is 0 Å². The average Bonchev–Trinajstić information content (AvgIpc) is 3.21. The highest BCUT2D eigenvalue weighted by Gasteiger charge is 2.33. The second-order valence-corrected chi connectivity index (χ2v) is 5.03. The lowest BCUT2D eigenvalue weighted by molar-refractivity contribution is -0.120. The van der Waals surface area contributed by atoms with Crippen molar-refractivity contribution in [1.29, 1.82) is 0 Å². The van der Waals surface area contributed by atoms with Crippen LogP contribution in [0.15, 0.2) is 6.07 Å². The maximum absolute atomic E-state index is 12.7. The Balaban J connectivity index is 2.28. The van der Waals surface area contributed by atoms with Crippen molar-refractivity contribution < 1.29 is 18.3 Å². The SMILES string of the molecule is CCNc1cc(N(CCO)CC(F)(F)F)nc(C2CC2)n1. The van der Waals surface area contributed by atoms with Crippen LogP contribution in [0.2, 0.25) is 0 Å². The smallest absolute Gasteiger partial charge is 0.395 e. The van der Waals surface area contributed by atoms with E-state index in [0.29, 0.717) is 18.2 Å². The summed E-state index contributed by atoms with van der Waals surface area (Å²) in [5, 5.41) is 12.0. The van der Waals surface area contributed by atoms with E-state index >= 15 is 0 Å². The van der Waals surface area contributed by atoms with Crippen molar-refractivity contribution in [3.05, 3.63) is 11.9 Å². The predicted molar refractivity (Wildman–Crippen MR) is 73.5 cm³/mol. The highest BCUT2D eigenvalue weighted by molar-refractivity contribution is 5.50. The summed E-state index contributed by atoms with van der Waals surface area (Å²) in [5.74, 6) is 1.54. The Hall–Kier alpha value is -1.57. The zero-order valence-electron chi connectivity index (χ0n) is 11.8. The highest BCUT2D eigenvalue weighted by atomic mass is 19.4. The van der Waals surface area contributed by atoms with Gasteiger partial charge in [-0.05, 0) is 19.8 Å². The second-order valence-electron chi connectivity index (χ2n) is 5.03. The summed E-state index contributed by atoms with van der Waals surface area (Å²) in [7, 11) is 0. The first kappa shape index (κ1) is 15.8. The fourth-order valence-corrected chi connectivity index (χ4v) is 2.02. The Labute approximate surface area is 121 Å². The number of nitrogens with one attached hydrogen (secondary N) is 1. The van der Waals surface area contributed by atoms with Crippen molar-refractivity contribution in [2.24, 2.45) is 0 Å². The first-order valence-electron chi connectivity index (χ1n) is 6.98. The predicted octanol–water partition coefficient (Wildman–Crippen LogP) is 2.15. The molecule has 118 valence electrons. The Morgan fingerprint density at radius 2 is 2.10 bits per heavy atom. The summed E-state index contributed by atoms with van der Waals surface area (Å²) in [4.78, 5) is 9.61. The number of halogens is 3. The molecule has 0 spiro atoms. The summed E-state index contributed by atoms with van der Waals surface area (Å²) in [6.45, 7) is 0.890. The molecule has 0 aromatic carbocycles. The molecule has 1 aromatic rings. The number of aliphatic hydroxyl groups is 1. The van der Waals surface area contributed by atoms with Gasteiger partial charge in [0.05, 0.1) is 6.61 Å². The fourth-order valence-electron chi connectivity index (χ4n) is 2.02. The number of alkyl halides is 3. The van der Waals surface area contributed by atoms with Gasteiger partial charge in [-0.25, -0.2) is 9.97 Å². The van der Waals surface area contributed by atoms with Crippen LogP contribution in [0.4, 0.5) is 24.8 Å². The Kier molecular flexibility index (Phi) is 4.87. The number of nitrogens with zero attached hydrogens (tertiary/aromatic N) is 3. The molecule has 1 aromatic heterocycles. The Morgan fingerprint density at radius 3 is 2.62 bits per heavy atom. The van der Waals surface area contributed by atoms with Crippen molar-refractivity contribution in [2.45, 2.75) is 31.9 Å². The maximum Gasteiger partial charge on any atom is 0.405 e. The van der Waals surface area contributed by atoms with Gasteiger partial charge in [0, 0.05) is 25.1 Å². The first-order valence-corrected chi connectivity index (χ1v) is 6.98. The van der Waals surface area contributed by atoms with Gasteiger partial charge in [-0.2, -0.15) is 13.2 Å². The van der Waals surface area contributed by atoms with Crippen molar-refractivity contribution in [3.63, 3.8) is 0 Å². The maximum atomic E-state index is 12.7. The molecule has 0 atom stereocenters. The van der Waals surface area contributed by atoms with Gasteiger partial charge in [-0.3, -0.25) is 0 Å². The van der Waals surface area contributed by atoms with Gasteiger partial charge < -0.3 is 15.3 Å². The summed E-state index contributed by atoms with van der Waals surface area (Å²) >= 11 is 0. The topological polar surface area (TPSA) is 61.3 Å². The molecule has 1 saturated carbocycles. The Morgan fingerprint density at radius 1 is 1.38 bits per heavy atom. The lowest BCUT2D eigenvalue weighted by Crippen LogP contribution is -2.37. The molecule has 0 unspecified atom stereocenters. The molecule has 8 heteroatoms. The Bertz CT molecular complexity index is 477. The van der Waals surface area contributed by atoms with E-state index in [1.165, 1.54) is 6.07 Å². The van der Waals surface area contributed by atoms with Crippen molar-refractivity contribution in [3.8, 4) is 0 Å². The second kappa shape index (κ2) is 6.46. The van der Waals surface area contributed by atoms with Crippen molar-refractivity contribution in [1.82, 2.24) is 9.97 Å². The molecule has 2 rings (SSSR count). The van der Waals surface area contributed by atoms with E-state index in [9.17, 15) is 13.2 Å². The van der Waals surface area contributed by atoms with E-state index < -0.39 is 12.7 Å². The summed E-state index contributed by atoms with van der Waals surface area (Å²) in [6.07, 6.45) is -2.42. The lowest BCUT2D eigenvalue weighted by Gasteiger charge is -2.25. The molecular formula is C13H19F3N4O. The summed E-state index contributed by atoms with van der Waals surface area (Å²) in [5.41, 5.74) is 0. The van der Waals surface area contributed by atoms with Crippen LogP contribution in [0.25, 0.3) is 0 Å². The highest BCUT2D eigenvalue weighted by Crippen LogP contribution is 2.39. The third-order valence-corrected chi connectivity index (χ3v) is 3.09. The number of aromatic nitrogens is 2. The molecule has 21 heavy (non-hydrogen) atoms. The standard InChI is InChI=1S/C13H19F3N4O/c1-2-17-10-7-11(19-12(18-10)9-3-4-9)20(5-6-21)8-13(14,15)16/h7,9,21H,2-6,8H2,1H3,(H,17,18,19). The molecule has 0 aliphatic heterocycles. The molecule has 0 saturated heterocycles. The summed E-state index contributed by atoms with van der Waals surface area (Å²) < 4.78 is 38.0. The molecule has 1 aliphatic carbocycles. The molecule has 5 nitrogen and oxygen atoms in total. The van der Waals surface area contributed by atoms with Crippen LogP contribution in [-0.2, 0) is 0 Å². The van der Waals surface area contributed by atoms with Gasteiger partial charge in [0.2, 0.25) is 0 Å². The van der Waals surface area contributed by atoms with Gasteiger partial charge in [0.25, 0.3) is 0 Å². The number of aliphatic hydroxyl groups excluding tert-OH is 1. The fraction of sp³-hybridized carbons (Fsp3) is 0.692. The minimum atomic E-state index is -4.35. The normalized spacial score (nSPS) is 15.1. The van der Waals surface area contributed by atoms with Gasteiger partial charge in [-0.1, -0.05) is 0 Å². The lowest BCUT2D eigenvalue weighted by atomic mass is 10.3. The van der Waals surface area contributed by atoms with Crippen molar-refractivity contribution in [2.75, 3.05) is 36.5 Å². The average molecular weight is 304 g/mol. The number of hydrogen-bond acceptors (Lipinski definition) is 5. The van der Waals surface area contributed by atoms with E-state index in [2.05, 4.69) is 15.3 Å². The van der Waals surface area contributed by atoms with Crippen LogP contribution in [0, 0.1) is 0 Å². The first-order chi connectivity index (χ1) is 9.93. The van der Waals surface area contributed by atoms with Gasteiger partial charge in [-0.15, -0.1) is 0 Å². The largest absolute Gasteiger partial charge is 0.405 e. The van der Waals surface area contributed by atoms with Gasteiger partial charge >= 0.3 is 6.18 Å². The van der Waals surface area contributed by atoms with E-state index in [1.54, 1.807) is 0 Å². The van der Waals surface area contributed by atoms with Gasteiger partial charge in [0.1, 0.15) is 24.0 Å². The minimum Gasteiger partial charge on any atom is -0.395 e. The summed E-state index contributed by atoms with van der Waals surface area (Å²) in [6, 6.07) is 1.50. The van der Waals surface area contributed by atoms with Crippen molar-refractivity contribution >= 4 is 11.6 Å². The van der Waals surface area contributed by atoms with Crippen LogP contribution in [0.5, 0.6) is 0 Å². The van der Waals surface area contributed by atoms with Gasteiger partial charge in [0.15, 0.2) is 0 Å². The minimum absolute atomic E-state index is 0.119. The molecular weight excluding hydrogens is 285 g/mol. The van der Waals surface area contributed by atoms with E-state index in [0.717, 1.165) is 17.7 Å². The van der Waals surface area contributed by atoms with Crippen LogP contribution < -0.4 is 10.2 Å². The zero-order chi connectivity index (χ0) is 15.5. The third-order valence-electron chi connectivity index (χ3n) is 3.09. The third kappa shape index (κ3) is 4.73. The number of rotatable bonds is 7. The molecule has 1 aliphatic rings. The van der Waals surface area contributed by atoms with E-state index in [1.807, 2.05) is 6.92 Å². The van der Waals surface area contributed by atoms with Crippen LogP contribution in [-0.4, -0.2) is 47.5 Å². The quantitative estimate of drug-likeness (QED) is 0.808. The molecule has 1 fully saturated rings. The monoisotopic (exact) mass is 304 g/mol. The number of anilines is 2. The van der Waals surface area contributed by atoms with E-state index in [-0.39, 0.29) is 24.9 Å².